The Morgan fingerprint density at radius 2 is 1.78 bits per heavy atom. The number of aryl methyl sites for hydroxylation is 4. The Balaban J connectivity index is 0. The average molecular weight is 451 g/mol. The topological polar surface area (TPSA) is 3.88 Å². The quantitative estimate of drug-likeness (QED) is 0.431. The third-order valence-electron chi connectivity index (χ3n) is 2.98. The van der Waals surface area contributed by atoms with Gasteiger partial charge in [-0.2, -0.15) is 13.0 Å². The standard InChI is InChI=1S/C18H23N.C2H5.CH3.Ce/c1-12(2)16-7-8-18(19(6)11-16)17-10-14(4)13(3)9-15(17)5;1-2;;/h8-12H,1-6H3;1H2,2H3;1H3;/q;2*-1;+3/i1D3,2D3,3D3,4D3,12D;;;. The van der Waals surface area contributed by atoms with E-state index in [-0.39, 0.29) is 65.9 Å². The van der Waals surface area contributed by atoms with Gasteiger partial charge in [-0.05, 0) is 48.8 Å². The number of rotatable bonds is 2. The van der Waals surface area contributed by atoms with Gasteiger partial charge in [-0.3, -0.25) is 0 Å². The second kappa shape index (κ2) is 11.3. The fraction of sp³-hybridized carbons (Fsp3) is 0.381. The summed E-state index contributed by atoms with van der Waals surface area (Å²) in [5.74, 6) is -2.93. The minimum absolute atomic E-state index is 0. The van der Waals surface area contributed by atoms with E-state index >= 15 is 0 Å². The normalized spacial score (nSPS) is 20.4. The summed E-state index contributed by atoms with van der Waals surface area (Å²) in [6.45, 7) is -5.09. The van der Waals surface area contributed by atoms with Gasteiger partial charge < -0.3 is 18.9 Å². The minimum Gasteiger partial charge on any atom is -0.358 e. The Morgan fingerprint density at radius 3 is 2.30 bits per heavy atom. The number of aromatic nitrogens is 1. The van der Waals surface area contributed by atoms with Crippen LogP contribution in [0.15, 0.2) is 24.4 Å². The van der Waals surface area contributed by atoms with Crippen molar-refractivity contribution in [1.82, 2.24) is 0 Å². The monoisotopic (exact) mass is 450 g/mol. The van der Waals surface area contributed by atoms with Gasteiger partial charge in [-0.25, -0.2) is 0 Å². The molecular formula is C21H31CeN+. The molecular weight excluding hydrogens is 406 g/mol. The molecule has 0 bridgehead atoms. The van der Waals surface area contributed by atoms with Gasteiger partial charge in [0.25, 0.3) is 0 Å². The first-order valence-electron chi connectivity index (χ1n) is 12.9. The molecule has 0 N–H and O–H groups in total. The van der Waals surface area contributed by atoms with Crippen molar-refractivity contribution in [3.05, 3.63) is 67.1 Å². The SMILES string of the molecule is [2H]C([2H])([2H])c1cc(C)c(-c2c[c-]c(C([2H])(C([2H])([2H])[2H])C([2H])([2H])[2H])c[n+]2C)cc1C([2H])([2H])[2H].[CH2-]C.[CH3-].[Ce+3]. The number of pyridine rings is 1. The van der Waals surface area contributed by atoms with E-state index in [1.54, 1.807) is 13.8 Å². The molecule has 1 aromatic carbocycles. The second-order valence-electron chi connectivity index (χ2n) is 4.42. The molecule has 0 saturated carbocycles. The van der Waals surface area contributed by atoms with E-state index < -0.39 is 33.3 Å². The molecule has 23 heavy (non-hydrogen) atoms. The van der Waals surface area contributed by atoms with Crippen LogP contribution in [-0.4, -0.2) is 0 Å². The maximum absolute atomic E-state index is 8.28. The first-order chi connectivity index (χ1) is 15.1. The number of hydrogen-bond donors (Lipinski definition) is 0. The van der Waals surface area contributed by atoms with E-state index in [4.69, 9.17) is 17.8 Å². The van der Waals surface area contributed by atoms with Crippen LogP contribution >= 0.6 is 0 Å². The summed E-state index contributed by atoms with van der Waals surface area (Å²) in [5.41, 5.74) is 0.125. The number of hydrogen-bond acceptors (Lipinski definition) is 0. The third kappa shape index (κ3) is 6.28. The van der Waals surface area contributed by atoms with Crippen molar-refractivity contribution in [2.75, 3.05) is 0 Å². The molecule has 1 nitrogen and oxygen atoms in total. The molecule has 0 aliphatic heterocycles. The molecule has 0 aliphatic carbocycles. The Morgan fingerprint density at radius 1 is 1.17 bits per heavy atom. The summed E-state index contributed by atoms with van der Waals surface area (Å²) in [6, 6.07) is 6.37. The van der Waals surface area contributed by atoms with Gasteiger partial charge in [0.15, 0.2) is 0 Å². The third-order valence-corrected chi connectivity index (χ3v) is 2.98. The molecule has 0 unspecified atom stereocenters. The maximum atomic E-state index is 8.28. The van der Waals surface area contributed by atoms with Crippen LogP contribution in [0, 0.1) is 82.8 Å². The zero-order valence-electron chi connectivity index (χ0n) is 27.0. The van der Waals surface area contributed by atoms with Gasteiger partial charge in [-0.15, -0.1) is 6.07 Å². The number of nitrogens with zero attached hydrogens (tertiary/aromatic N) is 1. The molecule has 0 atom stereocenters. The van der Waals surface area contributed by atoms with Gasteiger partial charge in [-0.1, -0.05) is 31.4 Å². The Hall–Kier alpha value is -0.253. The molecule has 1 heterocycles. The van der Waals surface area contributed by atoms with Gasteiger partial charge in [0, 0.05) is 17.8 Å². The summed E-state index contributed by atoms with van der Waals surface area (Å²) in [5, 5.41) is 0. The molecule has 0 fully saturated rings. The van der Waals surface area contributed by atoms with Crippen LogP contribution in [0.3, 0.4) is 0 Å². The Kier molecular flexibility index (Phi) is 4.65. The van der Waals surface area contributed by atoms with Crippen LogP contribution < -0.4 is 4.57 Å². The predicted octanol–water partition coefficient (Wildman–Crippen LogP) is 5.32. The minimum atomic E-state index is -3.17. The molecule has 0 amide bonds. The van der Waals surface area contributed by atoms with Crippen molar-refractivity contribution in [3.63, 3.8) is 0 Å². The second-order valence-corrected chi connectivity index (χ2v) is 4.42. The van der Waals surface area contributed by atoms with Gasteiger partial charge >= 0.3 is 41.7 Å². The molecule has 123 valence electrons. The smallest absolute Gasteiger partial charge is 0.358 e. The van der Waals surface area contributed by atoms with Crippen LogP contribution in [-0.2, 0) is 7.05 Å². The molecule has 1 radical (unpaired) electrons. The van der Waals surface area contributed by atoms with Crippen molar-refractivity contribution >= 4 is 0 Å². The van der Waals surface area contributed by atoms with Crippen LogP contribution in [0.25, 0.3) is 11.3 Å². The van der Waals surface area contributed by atoms with Crippen molar-refractivity contribution in [2.45, 2.75) is 47.1 Å². The maximum Gasteiger partial charge on any atom is 3.00 e. The average Bonchev–Trinajstić information content (AvgIpc) is 2.65. The van der Waals surface area contributed by atoms with E-state index in [0.29, 0.717) is 16.8 Å². The Labute approximate surface area is 196 Å². The predicted molar refractivity (Wildman–Crippen MR) is 97.6 cm³/mol. The summed E-state index contributed by atoms with van der Waals surface area (Å²) >= 11 is 0. The summed E-state index contributed by atoms with van der Waals surface area (Å²) in [6.07, 6.45) is 1.16. The van der Waals surface area contributed by atoms with Crippen molar-refractivity contribution in [3.8, 4) is 11.3 Å². The van der Waals surface area contributed by atoms with E-state index in [1.165, 1.54) is 29.8 Å². The number of benzene rings is 1. The zero-order chi connectivity index (χ0) is 27.1. The largest absolute Gasteiger partial charge is 3.00 e. The first-order valence-corrected chi connectivity index (χ1v) is 6.41. The summed E-state index contributed by atoms with van der Waals surface area (Å²) in [4.78, 5) is 0. The fourth-order valence-electron chi connectivity index (χ4n) is 1.94. The molecule has 0 aliphatic rings. The Bertz CT molecular complexity index is 1000. The van der Waals surface area contributed by atoms with Crippen molar-refractivity contribution < 1.29 is 64.1 Å². The van der Waals surface area contributed by atoms with Gasteiger partial charge in [0.2, 0.25) is 0 Å². The van der Waals surface area contributed by atoms with Crippen LogP contribution in [0.5, 0.6) is 0 Å². The zero-order valence-corrected chi connectivity index (χ0v) is 17.1. The molecule has 0 spiro atoms. The van der Waals surface area contributed by atoms with Crippen molar-refractivity contribution in [1.29, 1.82) is 0 Å². The van der Waals surface area contributed by atoms with Crippen LogP contribution in [0.2, 0.25) is 0 Å². The summed E-state index contributed by atoms with van der Waals surface area (Å²) in [7, 11) is 1.48. The first kappa shape index (κ1) is 9.45. The van der Waals surface area contributed by atoms with E-state index in [9.17, 15) is 0 Å². The molecule has 0 saturated heterocycles. The molecule has 2 aromatic rings. The summed E-state index contributed by atoms with van der Waals surface area (Å²) < 4.78 is 102. The van der Waals surface area contributed by atoms with E-state index in [1.807, 2.05) is 0 Å². The van der Waals surface area contributed by atoms with Gasteiger partial charge in [0.1, 0.15) is 12.7 Å². The van der Waals surface area contributed by atoms with Gasteiger partial charge in [0.05, 0.1) is 6.20 Å². The van der Waals surface area contributed by atoms with E-state index in [0.717, 1.165) is 6.20 Å². The molecule has 2 rings (SSSR count). The molecule has 1 aromatic heterocycles. The van der Waals surface area contributed by atoms with Crippen LogP contribution in [0.1, 0.15) is 66.6 Å². The van der Waals surface area contributed by atoms with Crippen LogP contribution in [0.4, 0.5) is 0 Å². The van der Waals surface area contributed by atoms with E-state index in [2.05, 4.69) is 13.0 Å². The fourth-order valence-corrected chi connectivity index (χ4v) is 1.94. The van der Waals surface area contributed by atoms with Crippen molar-refractivity contribution in [2.24, 2.45) is 7.05 Å². The molecule has 2 heteroatoms.